The number of carbonyl (C=O) groups is 1. The van der Waals surface area contributed by atoms with Crippen LogP contribution >= 0.6 is 7.82 Å². The Balaban J connectivity index is 2.43. The smallest absolute Gasteiger partial charge is 0.457 e. The lowest BCUT2D eigenvalue weighted by atomic mass is 9.85. The molecule has 0 saturated heterocycles. The highest BCUT2D eigenvalue weighted by Gasteiger charge is 2.51. The molecule has 1 saturated carbocycles. The van der Waals surface area contributed by atoms with Crippen molar-refractivity contribution in [2.75, 3.05) is 19.8 Å². The summed E-state index contributed by atoms with van der Waals surface area (Å²) in [7, 11) is -5.02. The van der Waals surface area contributed by atoms with E-state index in [4.69, 9.17) is 18.5 Å². The zero-order valence-corrected chi connectivity index (χ0v) is 36.3. The highest BCUT2D eigenvalue weighted by atomic mass is 31.2. The topological polar surface area (TPSA) is 192 Å². The van der Waals surface area contributed by atoms with Gasteiger partial charge in [0.15, 0.2) is 0 Å². The molecular formula is C44H81O12P. The second-order valence-electron chi connectivity index (χ2n) is 15.5. The first-order valence-electron chi connectivity index (χ1n) is 22.3. The first kappa shape index (κ1) is 53.6. The molecule has 12 nitrogen and oxygen atoms in total. The number of rotatable bonds is 37. The number of ether oxygens (including phenoxy) is 2. The third-order valence-corrected chi connectivity index (χ3v) is 11.2. The molecule has 1 aliphatic rings. The Labute approximate surface area is 344 Å². The van der Waals surface area contributed by atoms with Gasteiger partial charge in [0.2, 0.25) is 0 Å². The molecule has 0 heterocycles. The lowest BCUT2D eigenvalue weighted by Gasteiger charge is -2.41. The van der Waals surface area contributed by atoms with Gasteiger partial charge < -0.3 is 39.9 Å². The van der Waals surface area contributed by atoms with Crippen molar-refractivity contribution in [3.8, 4) is 0 Å². The van der Waals surface area contributed by atoms with E-state index in [1.165, 1.54) is 64.2 Å². The van der Waals surface area contributed by atoms with Crippen LogP contribution in [-0.4, -0.2) is 98.9 Å². The summed E-state index contributed by atoms with van der Waals surface area (Å²) in [4.78, 5) is 23.1. The van der Waals surface area contributed by atoms with E-state index in [9.17, 15) is 39.8 Å². The summed E-state index contributed by atoms with van der Waals surface area (Å²) in [6.07, 6.45) is 27.8. The average Bonchev–Trinajstić information content (AvgIpc) is 3.19. The normalized spacial score (nSPS) is 23.2. The van der Waals surface area contributed by atoms with Gasteiger partial charge in [-0.15, -0.1) is 0 Å². The molecule has 57 heavy (non-hydrogen) atoms. The van der Waals surface area contributed by atoms with E-state index >= 15 is 0 Å². The number of hydrogen-bond donors (Lipinski definition) is 6. The number of esters is 1. The van der Waals surface area contributed by atoms with Gasteiger partial charge >= 0.3 is 13.8 Å². The summed E-state index contributed by atoms with van der Waals surface area (Å²) in [5.74, 6) is -0.491. The molecule has 6 N–H and O–H groups in total. The number of phosphoric ester groups is 1. The predicted molar refractivity (Wildman–Crippen MR) is 226 cm³/mol. The summed E-state index contributed by atoms with van der Waals surface area (Å²) >= 11 is 0. The van der Waals surface area contributed by atoms with Crippen LogP contribution in [0.5, 0.6) is 0 Å². The molecular weight excluding hydrogens is 751 g/mol. The second kappa shape index (κ2) is 35.3. The maximum Gasteiger partial charge on any atom is 0.472 e. The average molecular weight is 833 g/mol. The van der Waals surface area contributed by atoms with Crippen molar-refractivity contribution in [1.29, 1.82) is 0 Å². The summed E-state index contributed by atoms with van der Waals surface area (Å²) < 4.78 is 34.1. The van der Waals surface area contributed by atoms with Gasteiger partial charge in [-0.25, -0.2) is 4.57 Å². The quantitative estimate of drug-likeness (QED) is 0.0151. The van der Waals surface area contributed by atoms with Gasteiger partial charge in [-0.2, -0.15) is 0 Å². The lowest BCUT2D eigenvalue weighted by Crippen LogP contribution is -2.64. The van der Waals surface area contributed by atoms with E-state index in [-0.39, 0.29) is 13.0 Å². The minimum Gasteiger partial charge on any atom is -0.457 e. The van der Waals surface area contributed by atoms with Gasteiger partial charge in [0.25, 0.3) is 0 Å². The molecule has 1 rings (SSSR count). The Morgan fingerprint density at radius 3 is 1.53 bits per heavy atom. The Morgan fingerprint density at radius 2 is 0.982 bits per heavy atom. The van der Waals surface area contributed by atoms with E-state index < -0.39 is 63.1 Å². The Bertz CT molecular complexity index is 1090. The summed E-state index contributed by atoms with van der Waals surface area (Å²) in [6.45, 7) is 4.18. The van der Waals surface area contributed by atoms with Crippen LogP contribution in [0, 0.1) is 0 Å². The third kappa shape index (κ3) is 27.9. The molecule has 6 atom stereocenters. The van der Waals surface area contributed by atoms with Crippen molar-refractivity contribution in [2.45, 2.75) is 217 Å². The number of hydrogen-bond acceptors (Lipinski definition) is 11. The van der Waals surface area contributed by atoms with Crippen molar-refractivity contribution in [3.05, 3.63) is 36.5 Å². The highest BCUT2D eigenvalue weighted by molar-refractivity contribution is 7.47. The van der Waals surface area contributed by atoms with Crippen molar-refractivity contribution in [2.24, 2.45) is 0 Å². The molecule has 1 fully saturated rings. The van der Waals surface area contributed by atoms with Crippen LogP contribution < -0.4 is 0 Å². The standard InChI is InChI=1S/C44H81O12P/c1-3-5-7-9-11-13-15-17-19-20-22-24-26-28-30-32-34-53-35-37(36-54-57(51,52)56-44-42(49)40(47)39(46)41(48)43(44)50)55-38(45)33-31-29-27-25-23-21-18-16-14-12-10-8-6-4-2/h11,13,16-19,37,39-44,46-50H,3-10,12,14-15,20-36H2,1-2H3,(H,51,52)/b13-11-,18-16-,19-17-. The van der Waals surface area contributed by atoms with Gasteiger partial charge in [0.1, 0.15) is 42.7 Å². The van der Waals surface area contributed by atoms with E-state index in [1.54, 1.807) is 0 Å². The highest BCUT2D eigenvalue weighted by Crippen LogP contribution is 2.47. The zero-order valence-electron chi connectivity index (χ0n) is 35.4. The maximum absolute atomic E-state index is 12.8. The van der Waals surface area contributed by atoms with Gasteiger partial charge in [0.05, 0.1) is 13.2 Å². The molecule has 0 spiro atoms. The van der Waals surface area contributed by atoms with Crippen molar-refractivity contribution >= 4 is 13.8 Å². The Morgan fingerprint density at radius 1 is 0.561 bits per heavy atom. The largest absolute Gasteiger partial charge is 0.472 e. The van der Waals surface area contributed by atoms with Crippen molar-refractivity contribution in [3.63, 3.8) is 0 Å². The van der Waals surface area contributed by atoms with Crippen molar-refractivity contribution in [1.82, 2.24) is 0 Å². The van der Waals surface area contributed by atoms with Crippen LogP contribution in [0.3, 0.4) is 0 Å². The van der Waals surface area contributed by atoms with E-state index in [0.717, 1.165) is 83.5 Å². The van der Waals surface area contributed by atoms with E-state index in [1.807, 2.05) is 0 Å². The van der Waals surface area contributed by atoms with Crippen LogP contribution in [0.2, 0.25) is 0 Å². The first-order valence-corrected chi connectivity index (χ1v) is 23.8. The molecule has 13 heteroatoms. The van der Waals surface area contributed by atoms with Crippen LogP contribution in [0.25, 0.3) is 0 Å². The Kier molecular flexibility index (Phi) is 33.2. The molecule has 1 aliphatic carbocycles. The predicted octanol–water partition coefficient (Wildman–Crippen LogP) is 8.70. The fourth-order valence-corrected chi connectivity index (χ4v) is 7.59. The Hall–Kier alpha value is -1.44. The summed E-state index contributed by atoms with van der Waals surface area (Å²) in [6, 6.07) is 0. The SMILES string of the molecule is CCCCC/C=C\C/C=C\CCCCCCCCOCC(COP(=O)(O)OC1C(O)C(O)C(O)C(O)C1O)OC(=O)CCCCCCC/C=C\CCCCCCC. The molecule has 0 aromatic rings. The van der Waals surface area contributed by atoms with Crippen LogP contribution in [0.15, 0.2) is 36.5 Å². The zero-order chi connectivity index (χ0) is 42.0. The minimum absolute atomic E-state index is 0.0867. The molecule has 0 radical (unpaired) electrons. The number of phosphoric acid groups is 1. The van der Waals surface area contributed by atoms with E-state index in [0.29, 0.717) is 13.0 Å². The van der Waals surface area contributed by atoms with E-state index in [2.05, 4.69) is 50.3 Å². The molecule has 0 aliphatic heterocycles. The molecule has 0 aromatic carbocycles. The number of carbonyl (C=O) groups excluding carboxylic acids is 1. The lowest BCUT2D eigenvalue weighted by molar-refractivity contribution is -0.220. The molecule has 6 unspecified atom stereocenters. The monoisotopic (exact) mass is 833 g/mol. The van der Waals surface area contributed by atoms with Gasteiger partial charge in [-0.05, 0) is 70.6 Å². The molecule has 0 aromatic heterocycles. The molecule has 0 bridgehead atoms. The maximum atomic E-state index is 12.8. The van der Waals surface area contributed by atoms with Gasteiger partial charge in [0, 0.05) is 13.0 Å². The van der Waals surface area contributed by atoms with Crippen LogP contribution in [0.4, 0.5) is 0 Å². The fraction of sp³-hybridized carbons (Fsp3) is 0.841. The number of unbranched alkanes of at least 4 members (excludes halogenated alkanes) is 19. The molecule has 334 valence electrons. The van der Waals surface area contributed by atoms with Crippen LogP contribution in [0.1, 0.15) is 174 Å². The molecule has 0 amide bonds. The van der Waals surface area contributed by atoms with Crippen LogP contribution in [-0.2, 0) is 27.9 Å². The summed E-state index contributed by atoms with van der Waals surface area (Å²) in [5, 5.41) is 50.1. The van der Waals surface area contributed by atoms with Gasteiger partial charge in [-0.3, -0.25) is 13.8 Å². The second-order valence-corrected chi connectivity index (χ2v) is 16.9. The van der Waals surface area contributed by atoms with Gasteiger partial charge in [-0.1, -0.05) is 134 Å². The first-order chi connectivity index (χ1) is 27.5. The fourth-order valence-electron chi connectivity index (χ4n) is 6.61. The number of allylic oxidation sites excluding steroid dienone is 6. The summed E-state index contributed by atoms with van der Waals surface area (Å²) in [5.41, 5.74) is 0. The minimum atomic E-state index is -5.02. The number of aliphatic hydroxyl groups excluding tert-OH is 5. The third-order valence-electron chi connectivity index (χ3n) is 10.2. The number of aliphatic hydroxyl groups is 5. The van der Waals surface area contributed by atoms with Crippen molar-refractivity contribution < 1.29 is 58.3 Å².